The summed E-state index contributed by atoms with van der Waals surface area (Å²) in [7, 11) is 0. The molecule has 1 heterocycles. The Kier molecular flexibility index (Phi) is 7.17. The Balaban J connectivity index is 1.77. The van der Waals surface area contributed by atoms with Crippen LogP contribution in [0.5, 0.6) is 0 Å². The molecule has 1 amide bonds. The van der Waals surface area contributed by atoms with Gasteiger partial charge in [-0.1, -0.05) is 42.5 Å². The standard InChI is InChI=1S/C25H26N4O2/c1-4-9-21(30)14-19(3)26-15-18(2)25(31)28-23-12-8-13-24-22(23)16-27-29(24)17-20-10-6-5-7-11-20/h4-16,30H,17H2,1-3H3,(H,28,31)/b9-4-,18-15+,21-14+,26-19+. The monoisotopic (exact) mass is 414 g/mol. The second-order valence-electron chi connectivity index (χ2n) is 7.13. The Morgan fingerprint density at radius 1 is 1.16 bits per heavy atom. The number of aliphatic hydroxyl groups excluding tert-OH is 1. The molecule has 31 heavy (non-hydrogen) atoms. The summed E-state index contributed by atoms with van der Waals surface area (Å²) in [5.41, 5.74) is 3.84. The number of nitrogens with one attached hydrogen (secondary N) is 1. The molecular weight excluding hydrogens is 388 g/mol. The number of hydrogen-bond acceptors (Lipinski definition) is 4. The number of hydrogen-bond donors (Lipinski definition) is 2. The molecule has 2 N–H and O–H groups in total. The van der Waals surface area contributed by atoms with Gasteiger partial charge in [-0.05, 0) is 44.5 Å². The van der Waals surface area contributed by atoms with Crippen LogP contribution in [0.4, 0.5) is 5.69 Å². The van der Waals surface area contributed by atoms with E-state index in [1.165, 1.54) is 12.3 Å². The molecule has 6 nitrogen and oxygen atoms in total. The Bertz CT molecular complexity index is 1180. The number of carbonyl (C=O) groups is 1. The lowest BCUT2D eigenvalue weighted by atomic mass is 10.2. The molecule has 3 aromatic rings. The summed E-state index contributed by atoms with van der Waals surface area (Å²) in [5, 5.41) is 18.0. The van der Waals surface area contributed by atoms with E-state index in [1.807, 2.05) is 48.0 Å². The molecule has 2 aromatic carbocycles. The average Bonchev–Trinajstić information content (AvgIpc) is 3.16. The van der Waals surface area contributed by atoms with Crippen molar-refractivity contribution in [1.29, 1.82) is 0 Å². The molecule has 3 rings (SSSR count). The van der Waals surface area contributed by atoms with E-state index < -0.39 is 0 Å². The van der Waals surface area contributed by atoms with Crippen LogP contribution in [-0.4, -0.2) is 26.5 Å². The number of nitrogens with zero attached hydrogens (tertiary/aromatic N) is 3. The van der Waals surface area contributed by atoms with Gasteiger partial charge in [-0.25, -0.2) is 0 Å². The van der Waals surface area contributed by atoms with Crippen LogP contribution in [0, 0.1) is 0 Å². The summed E-state index contributed by atoms with van der Waals surface area (Å²) in [5.74, 6) is -0.139. The van der Waals surface area contributed by atoms with Crippen molar-refractivity contribution in [3.05, 3.63) is 96.1 Å². The zero-order chi connectivity index (χ0) is 22.2. The fourth-order valence-electron chi connectivity index (χ4n) is 3.04. The molecule has 0 fully saturated rings. The molecule has 6 heteroatoms. The van der Waals surface area contributed by atoms with E-state index in [1.54, 1.807) is 32.2 Å². The molecule has 0 saturated heterocycles. The molecule has 0 spiro atoms. The van der Waals surface area contributed by atoms with Crippen molar-refractivity contribution in [2.24, 2.45) is 4.99 Å². The van der Waals surface area contributed by atoms with E-state index in [0.717, 1.165) is 16.5 Å². The molecule has 0 aliphatic carbocycles. The maximum Gasteiger partial charge on any atom is 0.252 e. The third-order valence-corrected chi connectivity index (χ3v) is 4.62. The summed E-state index contributed by atoms with van der Waals surface area (Å²) in [4.78, 5) is 16.9. The van der Waals surface area contributed by atoms with Gasteiger partial charge in [-0.15, -0.1) is 0 Å². The lowest BCUT2D eigenvalue weighted by Crippen LogP contribution is -2.12. The number of benzene rings is 2. The zero-order valence-corrected chi connectivity index (χ0v) is 17.9. The largest absolute Gasteiger partial charge is 0.508 e. The van der Waals surface area contributed by atoms with Crippen molar-refractivity contribution in [1.82, 2.24) is 9.78 Å². The SMILES string of the molecule is C\C=C/C(O)=C\C(C)=N\C=C(/C)C(=O)Nc1cccc2c1cnn2Cc1ccccc1. The summed E-state index contributed by atoms with van der Waals surface area (Å²) < 4.78 is 1.92. The molecule has 158 valence electrons. The topological polar surface area (TPSA) is 79.5 Å². The third-order valence-electron chi connectivity index (χ3n) is 4.62. The maximum atomic E-state index is 12.6. The molecular formula is C25H26N4O2. The predicted octanol–water partition coefficient (Wildman–Crippen LogP) is 5.41. The third kappa shape index (κ3) is 5.79. The number of fused-ring (bicyclic) bond motifs is 1. The van der Waals surface area contributed by atoms with Crippen LogP contribution in [0.1, 0.15) is 26.3 Å². The Labute approximate surface area is 181 Å². The Morgan fingerprint density at radius 3 is 2.68 bits per heavy atom. The van der Waals surface area contributed by atoms with Gasteiger partial charge < -0.3 is 10.4 Å². The number of aromatic nitrogens is 2. The van der Waals surface area contributed by atoms with Crippen LogP contribution in [0.3, 0.4) is 0 Å². The number of allylic oxidation sites excluding steroid dienone is 3. The van der Waals surface area contributed by atoms with Crippen LogP contribution in [0.15, 0.2) is 95.5 Å². The first-order valence-electron chi connectivity index (χ1n) is 10.0. The Hall–Kier alpha value is -3.93. The van der Waals surface area contributed by atoms with E-state index in [2.05, 4.69) is 27.5 Å². The number of aliphatic imine (C=N–C) groups is 1. The van der Waals surface area contributed by atoms with Crippen molar-refractivity contribution in [2.75, 3.05) is 5.32 Å². The van der Waals surface area contributed by atoms with Gasteiger partial charge in [0, 0.05) is 28.9 Å². The highest BCUT2D eigenvalue weighted by molar-refractivity contribution is 6.08. The van der Waals surface area contributed by atoms with Crippen molar-refractivity contribution in [3.63, 3.8) is 0 Å². The Morgan fingerprint density at radius 2 is 1.94 bits per heavy atom. The quantitative estimate of drug-likeness (QED) is 0.235. The zero-order valence-electron chi connectivity index (χ0n) is 17.9. The average molecular weight is 415 g/mol. The van der Waals surface area contributed by atoms with Crippen LogP contribution in [0.25, 0.3) is 10.9 Å². The van der Waals surface area contributed by atoms with Crippen molar-refractivity contribution in [2.45, 2.75) is 27.3 Å². The maximum absolute atomic E-state index is 12.6. The van der Waals surface area contributed by atoms with Gasteiger partial charge in [0.1, 0.15) is 5.76 Å². The summed E-state index contributed by atoms with van der Waals surface area (Å²) in [6.45, 7) is 5.92. The second-order valence-corrected chi connectivity index (χ2v) is 7.13. The van der Waals surface area contributed by atoms with Crippen LogP contribution < -0.4 is 5.32 Å². The van der Waals surface area contributed by atoms with Gasteiger partial charge in [0.15, 0.2) is 0 Å². The second kappa shape index (κ2) is 10.2. The lowest BCUT2D eigenvalue weighted by Gasteiger charge is -2.08. The highest BCUT2D eigenvalue weighted by Gasteiger charge is 2.11. The minimum absolute atomic E-state index is 0.110. The highest BCUT2D eigenvalue weighted by atomic mass is 16.3. The van der Waals surface area contributed by atoms with Gasteiger partial charge in [-0.2, -0.15) is 5.10 Å². The van der Waals surface area contributed by atoms with Gasteiger partial charge >= 0.3 is 0 Å². The molecule has 0 aliphatic heterocycles. The smallest absolute Gasteiger partial charge is 0.252 e. The van der Waals surface area contributed by atoms with E-state index in [9.17, 15) is 9.90 Å². The molecule has 0 radical (unpaired) electrons. The number of rotatable bonds is 7. The van der Waals surface area contributed by atoms with Crippen molar-refractivity contribution in [3.8, 4) is 0 Å². The van der Waals surface area contributed by atoms with Crippen LogP contribution >= 0.6 is 0 Å². The molecule has 0 bridgehead atoms. The van der Waals surface area contributed by atoms with E-state index >= 15 is 0 Å². The molecule has 0 aliphatic rings. The fourth-order valence-corrected chi connectivity index (χ4v) is 3.04. The van der Waals surface area contributed by atoms with E-state index in [0.29, 0.717) is 23.5 Å². The molecule has 0 unspecified atom stereocenters. The first-order chi connectivity index (χ1) is 15.0. The summed E-state index contributed by atoms with van der Waals surface area (Å²) in [6.07, 6.45) is 8.09. The normalized spacial score (nSPS) is 13.2. The number of anilines is 1. The predicted molar refractivity (Wildman–Crippen MR) is 126 cm³/mol. The van der Waals surface area contributed by atoms with Gasteiger partial charge in [0.2, 0.25) is 0 Å². The summed E-state index contributed by atoms with van der Waals surface area (Å²) in [6, 6.07) is 15.9. The van der Waals surface area contributed by atoms with Crippen molar-refractivity contribution >= 4 is 28.2 Å². The minimum atomic E-state index is -0.249. The first-order valence-corrected chi connectivity index (χ1v) is 10.0. The minimum Gasteiger partial charge on any atom is -0.508 e. The summed E-state index contributed by atoms with van der Waals surface area (Å²) >= 11 is 0. The molecule has 0 atom stereocenters. The molecule has 1 aromatic heterocycles. The van der Waals surface area contributed by atoms with Crippen molar-refractivity contribution < 1.29 is 9.90 Å². The number of aliphatic hydroxyl groups is 1. The fraction of sp³-hybridized carbons (Fsp3) is 0.160. The first kappa shape index (κ1) is 21.8. The van der Waals surface area contributed by atoms with Gasteiger partial charge in [0.05, 0.1) is 23.9 Å². The lowest BCUT2D eigenvalue weighted by molar-refractivity contribution is -0.112. The number of carbonyl (C=O) groups excluding carboxylic acids is 1. The van der Waals surface area contributed by atoms with Crippen LogP contribution in [0.2, 0.25) is 0 Å². The van der Waals surface area contributed by atoms with E-state index in [4.69, 9.17) is 0 Å². The molecule has 0 saturated carbocycles. The number of amides is 1. The van der Waals surface area contributed by atoms with Gasteiger partial charge in [0.25, 0.3) is 5.91 Å². The van der Waals surface area contributed by atoms with E-state index in [-0.39, 0.29) is 11.7 Å². The van der Waals surface area contributed by atoms with Gasteiger partial charge in [-0.3, -0.25) is 14.5 Å². The highest BCUT2D eigenvalue weighted by Crippen LogP contribution is 2.24. The van der Waals surface area contributed by atoms with Crippen LogP contribution in [-0.2, 0) is 11.3 Å².